The largest absolute Gasteiger partial charge is 0.341 e. The summed E-state index contributed by atoms with van der Waals surface area (Å²) < 4.78 is 2.07. The molecule has 78 valence electrons. The zero-order valence-corrected chi connectivity index (χ0v) is 8.85. The Kier molecular flexibility index (Phi) is 1.87. The summed E-state index contributed by atoms with van der Waals surface area (Å²) >= 11 is 0. The molecule has 0 aromatic carbocycles. The van der Waals surface area contributed by atoms with E-state index in [0.29, 0.717) is 0 Å². The molecule has 3 heterocycles. The highest BCUT2D eigenvalue weighted by Gasteiger charge is 2.17. The number of fused-ring (bicyclic) bond motifs is 1. The van der Waals surface area contributed by atoms with Crippen molar-refractivity contribution in [1.82, 2.24) is 14.6 Å². The summed E-state index contributed by atoms with van der Waals surface area (Å²) in [6.45, 7) is 4.29. The number of anilines is 1. The molecular formula is C11H14N4. The van der Waals surface area contributed by atoms with Gasteiger partial charge in [-0.25, -0.2) is 0 Å². The first-order valence-electron chi connectivity index (χ1n) is 5.41. The number of aromatic nitrogens is 3. The van der Waals surface area contributed by atoms with E-state index in [2.05, 4.69) is 44.8 Å². The number of nitrogens with zero attached hydrogens (tertiary/aromatic N) is 4. The van der Waals surface area contributed by atoms with Gasteiger partial charge >= 0.3 is 0 Å². The Labute approximate surface area is 88.5 Å². The van der Waals surface area contributed by atoms with E-state index in [1.165, 1.54) is 18.4 Å². The van der Waals surface area contributed by atoms with E-state index >= 15 is 0 Å². The smallest absolute Gasteiger partial charge is 0.231 e. The van der Waals surface area contributed by atoms with Gasteiger partial charge < -0.3 is 4.90 Å². The van der Waals surface area contributed by atoms with E-state index in [9.17, 15) is 0 Å². The van der Waals surface area contributed by atoms with Crippen molar-refractivity contribution in [3.8, 4) is 0 Å². The molecule has 1 aliphatic heterocycles. The molecule has 1 fully saturated rings. The third-order valence-electron chi connectivity index (χ3n) is 2.94. The van der Waals surface area contributed by atoms with Gasteiger partial charge in [0.05, 0.1) is 0 Å². The lowest BCUT2D eigenvalue weighted by Crippen LogP contribution is -2.20. The van der Waals surface area contributed by atoms with Crippen LogP contribution in [0.5, 0.6) is 0 Å². The van der Waals surface area contributed by atoms with Crippen LogP contribution in [0.25, 0.3) is 5.65 Å². The zero-order valence-electron chi connectivity index (χ0n) is 8.85. The average Bonchev–Trinajstić information content (AvgIpc) is 2.82. The van der Waals surface area contributed by atoms with Crippen LogP contribution in [0, 0.1) is 6.92 Å². The maximum Gasteiger partial charge on any atom is 0.231 e. The van der Waals surface area contributed by atoms with Crippen LogP contribution in [-0.4, -0.2) is 27.7 Å². The summed E-state index contributed by atoms with van der Waals surface area (Å²) in [5.74, 6) is 0.988. The van der Waals surface area contributed by atoms with Crippen LogP contribution < -0.4 is 4.90 Å². The molecule has 0 atom stereocenters. The SMILES string of the molecule is Cc1ccn2c(N3CCCC3)nnc2c1. The van der Waals surface area contributed by atoms with Gasteiger partial charge in [-0.3, -0.25) is 4.40 Å². The average molecular weight is 202 g/mol. The van der Waals surface area contributed by atoms with Crippen LogP contribution in [0.2, 0.25) is 0 Å². The van der Waals surface area contributed by atoms with Crippen LogP contribution in [0.1, 0.15) is 18.4 Å². The van der Waals surface area contributed by atoms with E-state index in [1.807, 2.05) is 0 Å². The molecule has 3 rings (SSSR count). The van der Waals surface area contributed by atoms with Crippen molar-refractivity contribution in [2.45, 2.75) is 19.8 Å². The van der Waals surface area contributed by atoms with Crippen LogP contribution in [0.3, 0.4) is 0 Å². The number of hydrogen-bond acceptors (Lipinski definition) is 3. The molecule has 0 bridgehead atoms. The van der Waals surface area contributed by atoms with Gasteiger partial charge in [0.1, 0.15) is 0 Å². The van der Waals surface area contributed by atoms with Crippen LogP contribution in [0.4, 0.5) is 5.95 Å². The summed E-state index contributed by atoms with van der Waals surface area (Å²) in [5, 5.41) is 8.45. The number of rotatable bonds is 1. The molecule has 0 radical (unpaired) electrons. The summed E-state index contributed by atoms with van der Waals surface area (Å²) in [4.78, 5) is 2.30. The van der Waals surface area contributed by atoms with Crippen LogP contribution in [0.15, 0.2) is 18.3 Å². The van der Waals surface area contributed by atoms with Crippen molar-refractivity contribution >= 4 is 11.6 Å². The molecule has 0 aliphatic carbocycles. The normalized spacial score (nSPS) is 16.5. The third-order valence-corrected chi connectivity index (χ3v) is 2.94. The fourth-order valence-corrected chi connectivity index (χ4v) is 2.11. The van der Waals surface area contributed by atoms with E-state index in [0.717, 1.165) is 24.7 Å². The summed E-state index contributed by atoms with van der Waals surface area (Å²) in [7, 11) is 0. The highest BCUT2D eigenvalue weighted by Crippen LogP contribution is 2.19. The summed E-state index contributed by atoms with van der Waals surface area (Å²) in [6, 6.07) is 4.16. The molecule has 0 amide bonds. The number of pyridine rings is 1. The monoisotopic (exact) mass is 202 g/mol. The third kappa shape index (κ3) is 1.37. The lowest BCUT2D eigenvalue weighted by atomic mass is 10.3. The van der Waals surface area contributed by atoms with E-state index in [4.69, 9.17) is 0 Å². The van der Waals surface area contributed by atoms with Gasteiger partial charge in [-0.1, -0.05) is 0 Å². The first-order valence-corrected chi connectivity index (χ1v) is 5.41. The lowest BCUT2D eigenvalue weighted by molar-refractivity contribution is 0.884. The maximum absolute atomic E-state index is 4.26. The Hall–Kier alpha value is -1.58. The number of aryl methyl sites for hydroxylation is 1. The number of hydrogen-bond donors (Lipinski definition) is 0. The minimum absolute atomic E-state index is 0.942. The predicted molar refractivity (Wildman–Crippen MR) is 59.2 cm³/mol. The van der Waals surface area contributed by atoms with Gasteiger partial charge in [-0.05, 0) is 37.5 Å². The van der Waals surface area contributed by atoms with Gasteiger partial charge in [0.25, 0.3) is 0 Å². The second kappa shape index (κ2) is 3.22. The maximum atomic E-state index is 4.26. The quantitative estimate of drug-likeness (QED) is 0.705. The molecule has 2 aromatic heterocycles. The molecule has 2 aromatic rings. The molecule has 0 N–H and O–H groups in total. The van der Waals surface area contributed by atoms with Gasteiger partial charge in [0.15, 0.2) is 5.65 Å². The van der Waals surface area contributed by atoms with E-state index < -0.39 is 0 Å². The first kappa shape index (κ1) is 8.71. The van der Waals surface area contributed by atoms with E-state index in [1.54, 1.807) is 0 Å². The minimum atomic E-state index is 0.942. The Bertz CT molecular complexity index is 482. The topological polar surface area (TPSA) is 33.4 Å². The fourth-order valence-electron chi connectivity index (χ4n) is 2.11. The summed E-state index contributed by atoms with van der Waals surface area (Å²) in [6.07, 6.45) is 4.58. The van der Waals surface area contributed by atoms with Gasteiger partial charge in [-0.2, -0.15) is 0 Å². The molecule has 1 aliphatic rings. The second-order valence-corrected chi connectivity index (χ2v) is 4.13. The molecular weight excluding hydrogens is 188 g/mol. The summed E-state index contributed by atoms with van der Waals surface area (Å²) in [5.41, 5.74) is 2.17. The Morgan fingerprint density at radius 3 is 2.80 bits per heavy atom. The lowest BCUT2D eigenvalue weighted by Gasteiger charge is -2.13. The van der Waals surface area contributed by atoms with Crippen molar-refractivity contribution < 1.29 is 0 Å². The van der Waals surface area contributed by atoms with Crippen molar-refractivity contribution in [1.29, 1.82) is 0 Å². The molecule has 4 nitrogen and oxygen atoms in total. The van der Waals surface area contributed by atoms with Crippen molar-refractivity contribution in [3.63, 3.8) is 0 Å². The second-order valence-electron chi connectivity index (χ2n) is 4.13. The van der Waals surface area contributed by atoms with E-state index in [-0.39, 0.29) is 0 Å². The standard InChI is InChI=1S/C11H14N4/c1-9-4-7-15-10(8-9)12-13-11(15)14-5-2-3-6-14/h4,7-8H,2-3,5-6H2,1H3. The van der Waals surface area contributed by atoms with Crippen molar-refractivity contribution in [2.24, 2.45) is 0 Å². The zero-order chi connectivity index (χ0) is 10.3. The van der Waals surface area contributed by atoms with Crippen molar-refractivity contribution in [2.75, 3.05) is 18.0 Å². The highest BCUT2D eigenvalue weighted by molar-refractivity contribution is 5.48. The molecule has 15 heavy (non-hydrogen) atoms. The van der Waals surface area contributed by atoms with Gasteiger partial charge in [0.2, 0.25) is 5.95 Å². The Morgan fingerprint density at radius 1 is 1.20 bits per heavy atom. The van der Waals surface area contributed by atoms with Crippen LogP contribution in [-0.2, 0) is 0 Å². The fraction of sp³-hybridized carbons (Fsp3) is 0.455. The molecule has 0 unspecified atom stereocenters. The highest BCUT2D eigenvalue weighted by atomic mass is 15.4. The first-order chi connectivity index (χ1) is 7.34. The Morgan fingerprint density at radius 2 is 2.00 bits per heavy atom. The molecule has 0 saturated carbocycles. The Balaban J connectivity index is 2.11. The molecule has 0 spiro atoms. The minimum Gasteiger partial charge on any atom is -0.341 e. The van der Waals surface area contributed by atoms with Gasteiger partial charge in [-0.15, -0.1) is 10.2 Å². The van der Waals surface area contributed by atoms with Crippen LogP contribution >= 0.6 is 0 Å². The molecule has 1 saturated heterocycles. The van der Waals surface area contributed by atoms with Gasteiger partial charge in [0, 0.05) is 19.3 Å². The predicted octanol–water partition coefficient (Wildman–Crippen LogP) is 1.64. The van der Waals surface area contributed by atoms with Crippen molar-refractivity contribution in [3.05, 3.63) is 23.9 Å². The molecule has 4 heteroatoms.